The summed E-state index contributed by atoms with van der Waals surface area (Å²) < 4.78 is 14.3. The van der Waals surface area contributed by atoms with Gasteiger partial charge in [0.15, 0.2) is 0 Å². The fraction of sp³-hybridized carbons (Fsp3) is 0.278. The fourth-order valence-electron chi connectivity index (χ4n) is 2.64. The smallest absolute Gasteiger partial charge is 0.303 e. The van der Waals surface area contributed by atoms with Crippen LogP contribution in [0.5, 0.6) is 0 Å². The molecule has 2 nitrogen and oxygen atoms in total. The van der Waals surface area contributed by atoms with Gasteiger partial charge in [0.05, 0.1) is 0 Å². The normalized spacial score (nSPS) is 10.2. The van der Waals surface area contributed by atoms with E-state index in [0.29, 0.717) is 11.1 Å². The molecule has 1 N–H and O–H groups in total. The molecule has 0 amide bonds. The van der Waals surface area contributed by atoms with Crippen LogP contribution in [0.3, 0.4) is 0 Å². The molecule has 0 saturated heterocycles. The third-order valence-corrected chi connectivity index (χ3v) is 3.85. The van der Waals surface area contributed by atoms with Crippen molar-refractivity contribution in [1.82, 2.24) is 0 Å². The van der Waals surface area contributed by atoms with Gasteiger partial charge in [-0.15, -0.1) is 12.4 Å². The summed E-state index contributed by atoms with van der Waals surface area (Å²) in [7, 11) is 0. The van der Waals surface area contributed by atoms with E-state index in [1.807, 2.05) is 44.2 Å². The molecule has 2 aromatic rings. The Labute approximate surface area is 136 Å². The van der Waals surface area contributed by atoms with Gasteiger partial charge in [-0.2, -0.15) is 0 Å². The Morgan fingerprint density at radius 3 is 2.32 bits per heavy atom. The minimum Gasteiger partial charge on any atom is -0.481 e. The number of hydrogen-bond acceptors (Lipinski definition) is 1. The van der Waals surface area contributed by atoms with Crippen LogP contribution in [0.2, 0.25) is 0 Å². The maximum Gasteiger partial charge on any atom is 0.303 e. The number of aliphatic carboxylic acids is 1. The van der Waals surface area contributed by atoms with Crippen LogP contribution in [-0.2, 0) is 11.2 Å². The van der Waals surface area contributed by atoms with E-state index in [-0.39, 0.29) is 31.1 Å². The molecule has 2 aromatic carbocycles. The van der Waals surface area contributed by atoms with E-state index in [2.05, 4.69) is 0 Å². The summed E-state index contributed by atoms with van der Waals surface area (Å²) in [6, 6.07) is 9.80. The van der Waals surface area contributed by atoms with Crippen LogP contribution in [-0.4, -0.2) is 11.1 Å². The molecular weight excluding hydrogens is 303 g/mol. The highest BCUT2D eigenvalue weighted by Gasteiger charge is 2.16. The Morgan fingerprint density at radius 2 is 1.73 bits per heavy atom. The number of carbonyl (C=O) groups is 1. The summed E-state index contributed by atoms with van der Waals surface area (Å²) in [5, 5.41) is 8.83. The second-order valence-electron chi connectivity index (χ2n) is 5.37. The van der Waals surface area contributed by atoms with Crippen LogP contribution in [0.1, 0.15) is 28.7 Å². The first-order valence-corrected chi connectivity index (χ1v) is 6.98. The molecule has 2 rings (SSSR count). The molecule has 0 saturated carbocycles. The Morgan fingerprint density at radius 1 is 1.09 bits per heavy atom. The van der Waals surface area contributed by atoms with Crippen molar-refractivity contribution < 1.29 is 14.3 Å². The van der Waals surface area contributed by atoms with E-state index >= 15 is 0 Å². The maximum absolute atomic E-state index is 14.3. The van der Waals surface area contributed by atoms with Crippen LogP contribution >= 0.6 is 12.4 Å². The Kier molecular flexibility index (Phi) is 6.12. The van der Waals surface area contributed by atoms with Gasteiger partial charge in [-0.05, 0) is 66.6 Å². The van der Waals surface area contributed by atoms with Gasteiger partial charge >= 0.3 is 5.97 Å². The molecule has 0 spiro atoms. The molecule has 0 radical (unpaired) electrons. The van der Waals surface area contributed by atoms with E-state index in [1.54, 1.807) is 6.92 Å². The molecule has 0 unspecified atom stereocenters. The van der Waals surface area contributed by atoms with Gasteiger partial charge < -0.3 is 5.11 Å². The second kappa shape index (κ2) is 7.41. The summed E-state index contributed by atoms with van der Waals surface area (Å²) >= 11 is 0. The van der Waals surface area contributed by atoms with Crippen LogP contribution in [0.15, 0.2) is 30.3 Å². The Bertz CT molecular complexity index is 696. The maximum atomic E-state index is 14.3. The highest BCUT2D eigenvalue weighted by molar-refractivity contribution is 5.85. The van der Waals surface area contributed by atoms with E-state index in [0.717, 1.165) is 22.3 Å². The second-order valence-corrected chi connectivity index (χ2v) is 5.37. The zero-order valence-corrected chi connectivity index (χ0v) is 13.8. The zero-order chi connectivity index (χ0) is 15.6. The molecule has 118 valence electrons. The van der Waals surface area contributed by atoms with Crippen molar-refractivity contribution in [2.45, 2.75) is 33.6 Å². The van der Waals surface area contributed by atoms with Crippen molar-refractivity contribution in [3.8, 4) is 11.1 Å². The third-order valence-electron chi connectivity index (χ3n) is 3.85. The lowest BCUT2D eigenvalue weighted by molar-refractivity contribution is -0.136. The number of rotatable bonds is 4. The first-order chi connectivity index (χ1) is 9.91. The highest BCUT2D eigenvalue weighted by Crippen LogP contribution is 2.32. The third kappa shape index (κ3) is 3.66. The van der Waals surface area contributed by atoms with Crippen molar-refractivity contribution in [2.24, 2.45) is 0 Å². The number of hydrogen-bond donors (Lipinski definition) is 1. The number of carboxylic acids is 1. The van der Waals surface area contributed by atoms with Crippen LogP contribution in [0.25, 0.3) is 11.1 Å². The highest BCUT2D eigenvalue weighted by atomic mass is 35.5. The summed E-state index contributed by atoms with van der Waals surface area (Å²) in [5.41, 5.74) is 5.06. The molecule has 0 heterocycles. The Hall–Kier alpha value is -1.87. The van der Waals surface area contributed by atoms with E-state index < -0.39 is 5.97 Å². The first-order valence-electron chi connectivity index (χ1n) is 6.98. The number of halogens is 2. The molecule has 4 heteroatoms. The summed E-state index contributed by atoms with van der Waals surface area (Å²) in [4.78, 5) is 10.8. The topological polar surface area (TPSA) is 37.3 Å². The van der Waals surface area contributed by atoms with Gasteiger partial charge in [-0.25, -0.2) is 4.39 Å². The van der Waals surface area contributed by atoms with Gasteiger partial charge in [0.1, 0.15) is 5.82 Å². The van der Waals surface area contributed by atoms with Crippen molar-refractivity contribution in [1.29, 1.82) is 0 Å². The van der Waals surface area contributed by atoms with Crippen molar-refractivity contribution >= 4 is 18.4 Å². The molecule has 0 aliphatic heterocycles. The predicted molar refractivity (Wildman–Crippen MR) is 89.3 cm³/mol. The number of benzene rings is 2. The van der Waals surface area contributed by atoms with Crippen LogP contribution in [0, 0.1) is 26.6 Å². The monoisotopic (exact) mass is 322 g/mol. The molecule has 0 bridgehead atoms. The zero-order valence-electron chi connectivity index (χ0n) is 12.9. The van der Waals surface area contributed by atoms with Crippen LogP contribution < -0.4 is 0 Å². The van der Waals surface area contributed by atoms with Crippen molar-refractivity contribution in [2.75, 3.05) is 0 Å². The molecule has 0 fully saturated rings. The van der Waals surface area contributed by atoms with Crippen molar-refractivity contribution in [3.63, 3.8) is 0 Å². The number of carboxylic acid groups (broad SMARTS) is 1. The lowest BCUT2D eigenvalue weighted by Crippen LogP contribution is -2.04. The minimum atomic E-state index is -0.909. The molecule has 0 atom stereocenters. The van der Waals surface area contributed by atoms with E-state index in [9.17, 15) is 9.18 Å². The average molecular weight is 323 g/mol. The van der Waals surface area contributed by atoms with Gasteiger partial charge in [0, 0.05) is 6.42 Å². The lowest BCUT2D eigenvalue weighted by Gasteiger charge is -2.16. The molecule has 0 aliphatic rings. The number of aryl methyl sites for hydroxylation is 2. The standard InChI is InChI=1S/C18H19FO2.ClH/c1-11-6-4-5-7-14(11)16-10-12(2)18(19)15(13(16)3)8-9-17(20)21;/h4-7,10H,8-9H2,1-3H3,(H,20,21);1H. The fourth-order valence-corrected chi connectivity index (χ4v) is 2.64. The average Bonchev–Trinajstić information content (AvgIpc) is 2.43. The lowest BCUT2D eigenvalue weighted by atomic mass is 9.90. The van der Waals surface area contributed by atoms with E-state index in [1.165, 1.54) is 0 Å². The van der Waals surface area contributed by atoms with Crippen molar-refractivity contribution in [3.05, 3.63) is 58.4 Å². The van der Waals surface area contributed by atoms with Gasteiger partial charge in [0.25, 0.3) is 0 Å². The summed E-state index contributed by atoms with van der Waals surface area (Å²) in [5.74, 6) is -1.20. The minimum absolute atomic E-state index is 0. The largest absolute Gasteiger partial charge is 0.481 e. The van der Waals surface area contributed by atoms with Gasteiger partial charge in [0.2, 0.25) is 0 Å². The quantitative estimate of drug-likeness (QED) is 0.873. The molecule has 0 aromatic heterocycles. The summed E-state index contributed by atoms with van der Waals surface area (Å²) in [6.45, 7) is 5.60. The van der Waals surface area contributed by atoms with Gasteiger partial charge in [-0.1, -0.05) is 24.3 Å². The molecule has 22 heavy (non-hydrogen) atoms. The molecule has 0 aliphatic carbocycles. The van der Waals surface area contributed by atoms with Gasteiger partial charge in [-0.3, -0.25) is 4.79 Å². The van der Waals surface area contributed by atoms with E-state index in [4.69, 9.17) is 5.11 Å². The Balaban J connectivity index is 0.00000242. The summed E-state index contributed by atoms with van der Waals surface area (Å²) in [6.07, 6.45) is 0.155. The predicted octanol–water partition coefficient (Wildman–Crippen LogP) is 4.86. The first kappa shape index (κ1) is 18.2. The SMILES string of the molecule is Cc1ccccc1-c1cc(C)c(F)c(CCC(=O)O)c1C.Cl. The van der Waals surface area contributed by atoms with Crippen LogP contribution in [0.4, 0.5) is 4.39 Å². The molecular formula is C18H20ClFO2.